The van der Waals surface area contributed by atoms with E-state index < -0.39 is 7.05 Å². The lowest BCUT2D eigenvalue weighted by atomic mass is 9.84. The molecule has 1 aliphatic heterocycles. The molecular weight excluding hydrogens is 220 g/mol. The van der Waals surface area contributed by atoms with Crippen molar-refractivity contribution >= 4 is 18.4 Å². The van der Waals surface area contributed by atoms with Crippen LogP contribution in [0.4, 0.5) is 15.8 Å². The van der Waals surface area contributed by atoms with Crippen molar-refractivity contribution in [3.63, 3.8) is 0 Å². The van der Waals surface area contributed by atoms with Gasteiger partial charge in [0.15, 0.2) is 0 Å². The second kappa shape index (κ2) is 4.93. The molecule has 1 aromatic rings. The number of nitrogens with zero attached hydrogens (tertiary/aromatic N) is 2. The van der Waals surface area contributed by atoms with Gasteiger partial charge in [0.05, 0.1) is 5.69 Å². The Kier molecular flexibility index (Phi) is 3.54. The number of anilines is 2. The van der Waals surface area contributed by atoms with Crippen LogP contribution in [0, 0.1) is 5.82 Å². The number of nitrogens with two attached hydrogens (primary N) is 1. The first-order chi connectivity index (χ1) is 8.08. The number of halogens is 1. The number of hydrogen-bond donors (Lipinski definition) is 2. The third-order valence-corrected chi connectivity index (χ3v) is 3.16. The summed E-state index contributed by atoms with van der Waals surface area (Å²) in [6.45, 7) is 4.65. The molecule has 4 nitrogen and oxygen atoms in total. The largest absolute Gasteiger partial charge is 0.437 e. The van der Waals surface area contributed by atoms with Crippen LogP contribution < -0.4 is 10.6 Å². The molecule has 2 rings (SSSR count). The van der Waals surface area contributed by atoms with Gasteiger partial charge in [0, 0.05) is 31.9 Å². The Bertz CT molecular complexity index is 394. The summed E-state index contributed by atoms with van der Waals surface area (Å²) in [6.07, 6.45) is 0. The zero-order chi connectivity index (χ0) is 12.4. The first-order valence-electron chi connectivity index (χ1n) is 5.80. The van der Waals surface area contributed by atoms with E-state index in [2.05, 4.69) is 0 Å². The molecule has 1 fully saturated rings. The molecule has 1 saturated heterocycles. The Morgan fingerprint density at radius 1 is 1.29 bits per heavy atom. The van der Waals surface area contributed by atoms with Crippen molar-refractivity contribution in [2.75, 3.05) is 36.8 Å². The van der Waals surface area contributed by atoms with Crippen LogP contribution in [-0.2, 0) is 0 Å². The van der Waals surface area contributed by atoms with E-state index in [4.69, 9.17) is 5.73 Å². The second-order valence-electron chi connectivity index (χ2n) is 4.37. The summed E-state index contributed by atoms with van der Waals surface area (Å²) in [5, 5.41) is 9.44. The van der Waals surface area contributed by atoms with Gasteiger partial charge in [-0.2, -0.15) is 0 Å². The average molecular weight is 237 g/mol. The minimum Gasteiger partial charge on any atom is -0.437 e. The van der Waals surface area contributed by atoms with Crippen LogP contribution in [-0.4, -0.2) is 43.1 Å². The highest BCUT2D eigenvalue weighted by Crippen LogP contribution is 2.22. The molecule has 0 bridgehead atoms. The smallest absolute Gasteiger partial charge is 0.376 e. The second-order valence-corrected chi connectivity index (χ2v) is 4.37. The van der Waals surface area contributed by atoms with Crippen LogP contribution in [0.25, 0.3) is 0 Å². The molecule has 1 aromatic carbocycles. The van der Waals surface area contributed by atoms with Gasteiger partial charge < -0.3 is 20.5 Å². The number of hydrogen-bond acceptors (Lipinski definition) is 4. The minimum absolute atomic E-state index is 0.282. The fourth-order valence-corrected chi connectivity index (χ4v) is 2.12. The maximum absolute atomic E-state index is 13.7. The quantitative estimate of drug-likeness (QED) is 0.585. The van der Waals surface area contributed by atoms with E-state index in [1.807, 2.05) is 9.71 Å². The van der Waals surface area contributed by atoms with Crippen LogP contribution in [0.2, 0.25) is 6.82 Å². The highest BCUT2D eigenvalue weighted by atomic mass is 19.1. The van der Waals surface area contributed by atoms with Gasteiger partial charge in [0.1, 0.15) is 5.82 Å². The van der Waals surface area contributed by atoms with Crippen LogP contribution in [0.3, 0.4) is 0 Å². The van der Waals surface area contributed by atoms with E-state index in [9.17, 15) is 9.41 Å². The molecule has 6 heteroatoms. The van der Waals surface area contributed by atoms with Crippen molar-refractivity contribution in [2.45, 2.75) is 6.82 Å². The molecule has 0 atom stereocenters. The number of rotatable bonds is 2. The van der Waals surface area contributed by atoms with Crippen molar-refractivity contribution in [2.24, 2.45) is 0 Å². The van der Waals surface area contributed by atoms with Gasteiger partial charge in [0.25, 0.3) is 0 Å². The van der Waals surface area contributed by atoms with Crippen LogP contribution in [0.1, 0.15) is 0 Å². The Morgan fingerprint density at radius 2 is 1.94 bits per heavy atom. The third kappa shape index (κ3) is 2.70. The minimum atomic E-state index is -0.437. The molecule has 92 valence electrons. The van der Waals surface area contributed by atoms with Gasteiger partial charge in [-0.15, -0.1) is 0 Å². The van der Waals surface area contributed by atoms with E-state index in [1.54, 1.807) is 19.0 Å². The van der Waals surface area contributed by atoms with E-state index in [0.717, 1.165) is 13.1 Å². The molecule has 1 aliphatic rings. The lowest BCUT2D eigenvalue weighted by molar-refractivity contribution is 0.343. The Hall–Kier alpha value is -1.27. The van der Waals surface area contributed by atoms with Crippen LogP contribution in [0.5, 0.6) is 0 Å². The van der Waals surface area contributed by atoms with Gasteiger partial charge in [-0.05, 0) is 25.0 Å². The van der Waals surface area contributed by atoms with Gasteiger partial charge in [-0.3, -0.25) is 0 Å². The summed E-state index contributed by atoms with van der Waals surface area (Å²) in [4.78, 5) is 3.94. The molecule has 0 radical (unpaired) electrons. The molecule has 0 amide bonds. The predicted octanol–water partition coefficient (Wildman–Crippen LogP) is 0.640. The lowest BCUT2D eigenvalue weighted by Gasteiger charge is -2.36. The molecule has 0 aromatic heterocycles. The first-order valence-corrected chi connectivity index (χ1v) is 5.80. The zero-order valence-corrected chi connectivity index (χ0v) is 9.93. The van der Waals surface area contributed by atoms with Gasteiger partial charge in [0.2, 0.25) is 0 Å². The number of nitrogen functional groups attached to an aromatic ring is 1. The van der Waals surface area contributed by atoms with Crippen molar-refractivity contribution in [3.8, 4) is 0 Å². The maximum atomic E-state index is 13.7. The SMILES string of the molecule is CB(O)N1CCN(c2ccc(N)cc2F)CC1. The van der Waals surface area contributed by atoms with Crippen LogP contribution in [0.15, 0.2) is 18.2 Å². The summed E-state index contributed by atoms with van der Waals surface area (Å²) < 4.78 is 13.7. The molecule has 0 spiro atoms. The molecule has 17 heavy (non-hydrogen) atoms. The van der Waals surface area contributed by atoms with E-state index in [-0.39, 0.29) is 5.82 Å². The Labute approximate surface area is 101 Å². The molecule has 0 saturated carbocycles. The summed E-state index contributed by atoms with van der Waals surface area (Å²) in [5.74, 6) is -0.282. The lowest BCUT2D eigenvalue weighted by Crippen LogP contribution is -2.51. The summed E-state index contributed by atoms with van der Waals surface area (Å²) in [5.41, 5.74) is 6.55. The van der Waals surface area contributed by atoms with E-state index in [1.165, 1.54) is 6.07 Å². The molecular formula is C11H17BFN3O. The van der Waals surface area contributed by atoms with E-state index >= 15 is 0 Å². The normalized spacial score (nSPS) is 17.2. The van der Waals surface area contributed by atoms with Gasteiger partial charge in [-0.25, -0.2) is 4.39 Å². The Morgan fingerprint density at radius 3 is 2.47 bits per heavy atom. The molecule has 0 aliphatic carbocycles. The number of piperazine rings is 1. The van der Waals surface area contributed by atoms with E-state index in [0.29, 0.717) is 24.5 Å². The molecule has 3 N–H and O–H groups in total. The molecule has 1 heterocycles. The standard InChI is InChI=1S/C11H17BFN3O/c1-12(17)16-6-4-15(5-7-16)11-3-2-9(14)8-10(11)13/h2-3,8,17H,4-7,14H2,1H3. The molecule has 0 unspecified atom stereocenters. The summed E-state index contributed by atoms with van der Waals surface area (Å²) in [7, 11) is -0.437. The highest BCUT2D eigenvalue weighted by Gasteiger charge is 2.23. The van der Waals surface area contributed by atoms with Crippen molar-refractivity contribution in [3.05, 3.63) is 24.0 Å². The first kappa shape index (κ1) is 12.2. The van der Waals surface area contributed by atoms with Crippen molar-refractivity contribution < 1.29 is 9.41 Å². The third-order valence-electron chi connectivity index (χ3n) is 3.16. The summed E-state index contributed by atoms with van der Waals surface area (Å²) >= 11 is 0. The fourth-order valence-electron chi connectivity index (χ4n) is 2.12. The van der Waals surface area contributed by atoms with Gasteiger partial charge in [-0.1, -0.05) is 0 Å². The van der Waals surface area contributed by atoms with Crippen molar-refractivity contribution in [1.82, 2.24) is 4.81 Å². The maximum Gasteiger partial charge on any atom is 0.376 e. The van der Waals surface area contributed by atoms with Gasteiger partial charge >= 0.3 is 7.05 Å². The monoisotopic (exact) mass is 237 g/mol. The van der Waals surface area contributed by atoms with Crippen LogP contribution >= 0.6 is 0 Å². The number of benzene rings is 1. The summed E-state index contributed by atoms with van der Waals surface area (Å²) in [6, 6.07) is 4.76. The predicted molar refractivity (Wildman–Crippen MR) is 68.4 cm³/mol. The zero-order valence-electron chi connectivity index (χ0n) is 9.93. The topological polar surface area (TPSA) is 52.7 Å². The fraction of sp³-hybridized carbons (Fsp3) is 0.455. The van der Waals surface area contributed by atoms with Crippen molar-refractivity contribution in [1.29, 1.82) is 0 Å². The Balaban J connectivity index is 2.05. The average Bonchev–Trinajstić information content (AvgIpc) is 2.29. The highest BCUT2D eigenvalue weighted by molar-refractivity contribution is 6.45.